The standard InChI is InChI=1S/C30H41N3O2/c1-5-35-29(34)22-10-12-25(13-11-22)33-16-14-32(15-17-33)20-23-8-6-7-9-27(23)31-28-19-24-18-26(28)21(2)30(24,3)4/h6-13,21,24,26,28,31H,5,14-20H2,1-4H3/t21-,24-,26+,28?/m0/s1. The lowest BCUT2D eigenvalue weighted by atomic mass is 9.68. The third-order valence-corrected chi connectivity index (χ3v) is 9.35. The van der Waals surface area contributed by atoms with Gasteiger partial charge in [-0.05, 0) is 78.8 Å². The molecule has 0 amide bonds. The van der Waals surface area contributed by atoms with E-state index >= 15 is 0 Å². The highest BCUT2D eigenvalue weighted by atomic mass is 16.5. The van der Waals surface area contributed by atoms with E-state index in [1.54, 1.807) is 0 Å². The molecule has 5 nitrogen and oxygen atoms in total. The molecule has 5 rings (SSSR count). The first kappa shape index (κ1) is 24.2. The zero-order chi connectivity index (χ0) is 24.6. The van der Waals surface area contributed by atoms with Crippen molar-refractivity contribution in [2.75, 3.05) is 43.0 Å². The predicted octanol–water partition coefficient (Wildman–Crippen LogP) is 5.67. The Bertz CT molecular complexity index is 1020. The maximum Gasteiger partial charge on any atom is 0.338 e. The van der Waals surface area contributed by atoms with Crippen LogP contribution in [0.4, 0.5) is 11.4 Å². The van der Waals surface area contributed by atoms with Gasteiger partial charge in [-0.25, -0.2) is 4.79 Å². The van der Waals surface area contributed by atoms with Gasteiger partial charge in [0.25, 0.3) is 0 Å². The highest BCUT2D eigenvalue weighted by Crippen LogP contribution is 2.59. The minimum Gasteiger partial charge on any atom is -0.462 e. The maximum absolute atomic E-state index is 11.9. The van der Waals surface area contributed by atoms with Crippen LogP contribution in [0.15, 0.2) is 48.5 Å². The van der Waals surface area contributed by atoms with E-state index in [0.29, 0.717) is 23.6 Å². The number of nitrogens with one attached hydrogen (secondary N) is 1. The predicted molar refractivity (Wildman–Crippen MR) is 143 cm³/mol. The van der Waals surface area contributed by atoms with Gasteiger partial charge in [-0.3, -0.25) is 4.90 Å². The van der Waals surface area contributed by atoms with Crippen LogP contribution in [0.5, 0.6) is 0 Å². The Hall–Kier alpha value is -2.53. The molecule has 1 N–H and O–H groups in total. The maximum atomic E-state index is 11.9. The van der Waals surface area contributed by atoms with Crippen molar-refractivity contribution < 1.29 is 9.53 Å². The van der Waals surface area contributed by atoms with E-state index in [0.717, 1.165) is 50.5 Å². The first-order chi connectivity index (χ1) is 16.9. The summed E-state index contributed by atoms with van der Waals surface area (Å²) in [4.78, 5) is 16.9. The Balaban J connectivity index is 1.17. The Morgan fingerprint density at radius 1 is 1.03 bits per heavy atom. The summed E-state index contributed by atoms with van der Waals surface area (Å²) < 4.78 is 5.10. The second kappa shape index (κ2) is 9.85. The van der Waals surface area contributed by atoms with Crippen molar-refractivity contribution in [1.29, 1.82) is 0 Å². The number of fused-ring (bicyclic) bond motifs is 2. The van der Waals surface area contributed by atoms with Gasteiger partial charge in [-0.2, -0.15) is 0 Å². The molecule has 1 saturated heterocycles. The molecule has 35 heavy (non-hydrogen) atoms. The van der Waals surface area contributed by atoms with Crippen molar-refractivity contribution in [3.8, 4) is 0 Å². The number of benzene rings is 2. The lowest BCUT2D eigenvalue weighted by molar-refractivity contribution is 0.0526. The molecule has 1 aliphatic heterocycles. The molecule has 3 fully saturated rings. The number of para-hydroxylation sites is 1. The summed E-state index contributed by atoms with van der Waals surface area (Å²) in [5, 5.41) is 3.98. The number of carbonyl (C=O) groups excluding carboxylic acids is 1. The Kier molecular flexibility index (Phi) is 6.80. The minimum atomic E-state index is -0.250. The van der Waals surface area contributed by atoms with Gasteiger partial charge in [0.05, 0.1) is 12.2 Å². The van der Waals surface area contributed by atoms with Gasteiger partial charge in [0.15, 0.2) is 0 Å². The number of esters is 1. The zero-order valence-electron chi connectivity index (χ0n) is 21.8. The fourth-order valence-corrected chi connectivity index (χ4v) is 6.75. The Morgan fingerprint density at radius 2 is 1.74 bits per heavy atom. The van der Waals surface area contributed by atoms with Crippen LogP contribution in [0.2, 0.25) is 0 Å². The Labute approximate surface area is 210 Å². The smallest absolute Gasteiger partial charge is 0.338 e. The van der Waals surface area contributed by atoms with Crippen molar-refractivity contribution in [2.24, 2.45) is 23.2 Å². The van der Waals surface area contributed by atoms with Crippen molar-refractivity contribution in [3.63, 3.8) is 0 Å². The van der Waals surface area contributed by atoms with Crippen LogP contribution in [-0.2, 0) is 11.3 Å². The van der Waals surface area contributed by atoms with Gasteiger partial charge in [-0.15, -0.1) is 0 Å². The van der Waals surface area contributed by atoms with E-state index in [9.17, 15) is 4.79 Å². The van der Waals surface area contributed by atoms with Crippen LogP contribution in [0, 0.1) is 23.2 Å². The van der Waals surface area contributed by atoms with Crippen LogP contribution in [0.1, 0.15) is 56.5 Å². The van der Waals surface area contributed by atoms with Gasteiger partial charge in [0.1, 0.15) is 0 Å². The van der Waals surface area contributed by atoms with Crippen LogP contribution in [0.3, 0.4) is 0 Å². The second-order valence-corrected chi connectivity index (χ2v) is 11.4. The first-order valence-electron chi connectivity index (χ1n) is 13.5. The lowest BCUT2D eigenvalue weighted by Gasteiger charge is -2.41. The fraction of sp³-hybridized carbons (Fsp3) is 0.567. The average Bonchev–Trinajstić information content (AvgIpc) is 3.38. The molecule has 2 bridgehead atoms. The van der Waals surface area contributed by atoms with Crippen LogP contribution in [0.25, 0.3) is 0 Å². The van der Waals surface area contributed by atoms with Gasteiger partial charge in [0, 0.05) is 50.1 Å². The molecule has 1 unspecified atom stereocenters. The van der Waals surface area contributed by atoms with E-state index in [-0.39, 0.29) is 5.97 Å². The number of ether oxygens (including phenoxy) is 1. The van der Waals surface area contributed by atoms with Crippen molar-refractivity contribution in [1.82, 2.24) is 4.90 Å². The number of hydrogen-bond acceptors (Lipinski definition) is 5. The molecule has 3 aliphatic rings. The lowest BCUT2D eigenvalue weighted by Crippen LogP contribution is -2.46. The van der Waals surface area contributed by atoms with E-state index in [1.165, 1.54) is 29.8 Å². The number of piperazine rings is 1. The second-order valence-electron chi connectivity index (χ2n) is 11.4. The monoisotopic (exact) mass is 475 g/mol. The topological polar surface area (TPSA) is 44.8 Å². The number of carbonyl (C=O) groups is 1. The van der Waals surface area contributed by atoms with Crippen LogP contribution in [-0.4, -0.2) is 49.7 Å². The van der Waals surface area contributed by atoms with E-state index < -0.39 is 0 Å². The SMILES string of the molecule is CCOC(=O)c1ccc(N2CCN(Cc3ccccc3NC3C[C@@H]4C[C@@H]3[C@H](C)C4(C)C)CC2)cc1. The van der Waals surface area contributed by atoms with Crippen LogP contribution >= 0.6 is 0 Å². The van der Waals surface area contributed by atoms with Gasteiger partial charge in [0.2, 0.25) is 0 Å². The normalized spacial score (nSPS) is 27.7. The Morgan fingerprint density at radius 3 is 2.40 bits per heavy atom. The molecule has 0 radical (unpaired) electrons. The quantitative estimate of drug-likeness (QED) is 0.523. The largest absolute Gasteiger partial charge is 0.462 e. The molecule has 2 aromatic carbocycles. The summed E-state index contributed by atoms with van der Waals surface area (Å²) in [6.07, 6.45) is 2.70. The molecule has 2 aromatic rings. The molecule has 5 heteroatoms. The minimum absolute atomic E-state index is 0.250. The van der Waals surface area contributed by atoms with E-state index in [4.69, 9.17) is 4.74 Å². The van der Waals surface area contributed by atoms with E-state index in [1.807, 2.05) is 31.2 Å². The zero-order valence-corrected chi connectivity index (χ0v) is 21.8. The summed E-state index contributed by atoms with van der Waals surface area (Å²) >= 11 is 0. The average molecular weight is 476 g/mol. The van der Waals surface area contributed by atoms with Gasteiger partial charge < -0.3 is 15.0 Å². The molecule has 188 valence electrons. The molecule has 4 atom stereocenters. The summed E-state index contributed by atoms with van der Waals surface area (Å²) in [5.74, 6) is 2.18. The number of nitrogens with zero attached hydrogens (tertiary/aromatic N) is 2. The van der Waals surface area contributed by atoms with Crippen molar-refractivity contribution >= 4 is 17.3 Å². The number of rotatable bonds is 7. The molecular weight excluding hydrogens is 434 g/mol. The summed E-state index contributed by atoms with van der Waals surface area (Å²) in [6, 6.07) is 17.4. The van der Waals surface area contributed by atoms with Gasteiger partial charge in [-0.1, -0.05) is 39.0 Å². The first-order valence-corrected chi connectivity index (χ1v) is 13.5. The summed E-state index contributed by atoms with van der Waals surface area (Å²) in [5.41, 5.74) is 5.02. The molecule has 1 heterocycles. The van der Waals surface area contributed by atoms with E-state index in [2.05, 4.69) is 60.2 Å². The fourth-order valence-electron chi connectivity index (χ4n) is 6.75. The number of anilines is 2. The van der Waals surface area contributed by atoms with Crippen molar-refractivity contribution in [3.05, 3.63) is 59.7 Å². The number of hydrogen-bond donors (Lipinski definition) is 1. The molecule has 2 saturated carbocycles. The third kappa shape index (κ3) is 4.80. The van der Waals surface area contributed by atoms with Gasteiger partial charge >= 0.3 is 5.97 Å². The third-order valence-electron chi connectivity index (χ3n) is 9.35. The highest BCUT2D eigenvalue weighted by Gasteiger charge is 2.54. The highest BCUT2D eigenvalue weighted by molar-refractivity contribution is 5.89. The summed E-state index contributed by atoms with van der Waals surface area (Å²) in [7, 11) is 0. The van der Waals surface area contributed by atoms with Crippen LogP contribution < -0.4 is 10.2 Å². The molecular formula is C30H41N3O2. The summed E-state index contributed by atoms with van der Waals surface area (Å²) in [6.45, 7) is 14.7. The molecule has 0 aromatic heterocycles. The molecule has 0 spiro atoms. The van der Waals surface area contributed by atoms with Crippen molar-refractivity contribution in [2.45, 2.75) is 53.1 Å². The molecule has 2 aliphatic carbocycles.